The van der Waals surface area contributed by atoms with Crippen LogP contribution in [0.5, 0.6) is 0 Å². The SMILES string of the molecule is CCOCC1(C=O)CCCCO1. The van der Waals surface area contributed by atoms with Crippen LogP contribution in [0.1, 0.15) is 26.2 Å². The highest BCUT2D eigenvalue weighted by Crippen LogP contribution is 2.23. The van der Waals surface area contributed by atoms with E-state index in [0.717, 1.165) is 25.5 Å². The molecule has 0 saturated carbocycles. The van der Waals surface area contributed by atoms with E-state index in [2.05, 4.69) is 0 Å². The van der Waals surface area contributed by atoms with Gasteiger partial charge in [0.25, 0.3) is 0 Å². The van der Waals surface area contributed by atoms with Crippen molar-refractivity contribution < 1.29 is 14.3 Å². The van der Waals surface area contributed by atoms with Crippen LogP contribution in [0.2, 0.25) is 0 Å². The van der Waals surface area contributed by atoms with Gasteiger partial charge in [-0.25, -0.2) is 0 Å². The van der Waals surface area contributed by atoms with Gasteiger partial charge < -0.3 is 14.3 Å². The Morgan fingerprint density at radius 1 is 1.58 bits per heavy atom. The highest BCUT2D eigenvalue weighted by Gasteiger charge is 2.32. The zero-order valence-electron chi connectivity index (χ0n) is 7.54. The van der Waals surface area contributed by atoms with E-state index in [9.17, 15) is 4.79 Å². The fraction of sp³-hybridized carbons (Fsp3) is 0.889. The average Bonchev–Trinajstić information content (AvgIpc) is 2.16. The van der Waals surface area contributed by atoms with Gasteiger partial charge in [0, 0.05) is 13.2 Å². The predicted octanol–water partition coefficient (Wildman–Crippen LogP) is 1.16. The summed E-state index contributed by atoms with van der Waals surface area (Å²) in [6.45, 7) is 3.65. The Balaban J connectivity index is 2.42. The molecule has 1 aliphatic heterocycles. The maximum atomic E-state index is 10.8. The van der Waals surface area contributed by atoms with Gasteiger partial charge in [-0.2, -0.15) is 0 Å². The molecule has 70 valence electrons. The molecule has 0 radical (unpaired) electrons. The van der Waals surface area contributed by atoms with Crippen molar-refractivity contribution in [1.29, 1.82) is 0 Å². The Labute approximate surface area is 73.0 Å². The molecule has 1 aliphatic rings. The number of hydrogen-bond acceptors (Lipinski definition) is 3. The van der Waals surface area contributed by atoms with Gasteiger partial charge in [-0.1, -0.05) is 0 Å². The number of ether oxygens (including phenoxy) is 2. The summed E-state index contributed by atoms with van der Waals surface area (Å²) in [6.07, 6.45) is 3.81. The second-order valence-corrected chi connectivity index (χ2v) is 3.13. The first-order chi connectivity index (χ1) is 5.83. The molecule has 1 heterocycles. The van der Waals surface area contributed by atoms with Crippen molar-refractivity contribution in [2.24, 2.45) is 0 Å². The van der Waals surface area contributed by atoms with E-state index < -0.39 is 5.60 Å². The molecule has 0 aliphatic carbocycles. The van der Waals surface area contributed by atoms with Gasteiger partial charge in [-0.3, -0.25) is 0 Å². The summed E-state index contributed by atoms with van der Waals surface area (Å²) >= 11 is 0. The Kier molecular flexibility index (Phi) is 3.69. The van der Waals surface area contributed by atoms with Gasteiger partial charge in [0.05, 0.1) is 6.61 Å². The van der Waals surface area contributed by atoms with Crippen LogP contribution in [0.3, 0.4) is 0 Å². The molecule has 0 N–H and O–H groups in total. The lowest BCUT2D eigenvalue weighted by Gasteiger charge is -2.31. The summed E-state index contributed by atoms with van der Waals surface area (Å²) < 4.78 is 10.6. The maximum absolute atomic E-state index is 10.8. The first-order valence-corrected chi connectivity index (χ1v) is 4.51. The number of carbonyl (C=O) groups is 1. The van der Waals surface area contributed by atoms with E-state index in [-0.39, 0.29) is 0 Å². The van der Waals surface area contributed by atoms with Crippen LogP contribution in [0.4, 0.5) is 0 Å². The average molecular weight is 172 g/mol. The molecular formula is C9H16O3. The molecule has 3 nitrogen and oxygen atoms in total. The molecule has 3 heteroatoms. The number of hydrogen-bond donors (Lipinski definition) is 0. The minimum absolute atomic E-state index is 0.410. The van der Waals surface area contributed by atoms with Gasteiger partial charge in [0.1, 0.15) is 5.60 Å². The summed E-state index contributed by atoms with van der Waals surface area (Å²) in [4.78, 5) is 10.8. The van der Waals surface area contributed by atoms with Crippen molar-refractivity contribution >= 4 is 6.29 Å². The van der Waals surface area contributed by atoms with Gasteiger partial charge in [-0.15, -0.1) is 0 Å². The Morgan fingerprint density at radius 2 is 2.42 bits per heavy atom. The third-order valence-electron chi connectivity index (χ3n) is 2.15. The second-order valence-electron chi connectivity index (χ2n) is 3.13. The van der Waals surface area contributed by atoms with Crippen molar-refractivity contribution in [2.45, 2.75) is 31.8 Å². The third kappa shape index (κ3) is 2.29. The lowest BCUT2D eigenvalue weighted by atomic mass is 9.96. The number of carbonyl (C=O) groups excluding carboxylic acids is 1. The van der Waals surface area contributed by atoms with Crippen molar-refractivity contribution in [1.82, 2.24) is 0 Å². The molecule has 1 unspecified atom stereocenters. The van der Waals surface area contributed by atoms with Gasteiger partial charge in [0.2, 0.25) is 0 Å². The molecule has 0 bridgehead atoms. The Bertz CT molecular complexity index is 139. The molecule has 1 saturated heterocycles. The standard InChI is InChI=1S/C9H16O3/c1-2-11-8-9(7-10)5-3-4-6-12-9/h7H,2-6,8H2,1H3. The van der Waals surface area contributed by atoms with E-state index in [1.54, 1.807) is 0 Å². The topological polar surface area (TPSA) is 35.5 Å². The highest BCUT2D eigenvalue weighted by atomic mass is 16.5. The van der Waals surface area contributed by atoms with Crippen LogP contribution in [0.15, 0.2) is 0 Å². The lowest BCUT2D eigenvalue weighted by molar-refractivity contribution is -0.149. The molecule has 1 fully saturated rings. The zero-order valence-corrected chi connectivity index (χ0v) is 7.54. The molecule has 0 amide bonds. The van der Waals surface area contributed by atoms with Gasteiger partial charge in [-0.05, 0) is 26.2 Å². The van der Waals surface area contributed by atoms with Crippen molar-refractivity contribution in [3.8, 4) is 0 Å². The Hall–Kier alpha value is -0.410. The third-order valence-corrected chi connectivity index (χ3v) is 2.15. The van der Waals surface area contributed by atoms with Crippen LogP contribution in [-0.2, 0) is 14.3 Å². The van der Waals surface area contributed by atoms with Crippen LogP contribution in [-0.4, -0.2) is 31.7 Å². The molecule has 1 rings (SSSR count). The quantitative estimate of drug-likeness (QED) is 0.597. The van der Waals surface area contributed by atoms with Crippen LogP contribution < -0.4 is 0 Å². The summed E-state index contributed by atoms with van der Waals surface area (Å²) in [7, 11) is 0. The largest absolute Gasteiger partial charge is 0.378 e. The maximum Gasteiger partial charge on any atom is 0.154 e. The van der Waals surface area contributed by atoms with Crippen molar-refractivity contribution in [3.63, 3.8) is 0 Å². The molecule has 1 atom stereocenters. The summed E-state index contributed by atoms with van der Waals surface area (Å²) in [6, 6.07) is 0. The fourth-order valence-electron chi connectivity index (χ4n) is 1.39. The van der Waals surface area contributed by atoms with Crippen LogP contribution >= 0.6 is 0 Å². The molecule has 0 spiro atoms. The normalized spacial score (nSPS) is 30.1. The van der Waals surface area contributed by atoms with Gasteiger partial charge >= 0.3 is 0 Å². The zero-order chi connectivity index (χ0) is 8.86. The molecule has 12 heavy (non-hydrogen) atoms. The number of aldehydes is 1. The van der Waals surface area contributed by atoms with E-state index in [0.29, 0.717) is 19.8 Å². The number of rotatable bonds is 4. The highest BCUT2D eigenvalue weighted by molar-refractivity contribution is 5.62. The van der Waals surface area contributed by atoms with Crippen LogP contribution in [0.25, 0.3) is 0 Å². The van der Waals surface area contributed by atoms with Crippen LogP contribution in [0, 0.1) is 0 Å². The van der Waals surface area contributed by atoms with E-state index >= 15 is 0 Å². The second kappa shape index (κ2) is 4.58. The van der Waals surface area contributed by atoms with E-state index in [4.69, 9.17) is 9.47 Å². The van der Waals surface area contributed by atoms with E-state index in [1.165, 1.54) is 0 Å². The van der Waals surface area contributed by atoms with E-state index in [1.807, 2.05) is 6.92 Å². The molecule has 0 aromatic heterocycles. The summed E-state index contributed by atoms with van der Waals surface area (Å²) in [5.74, 6) is 0. The fourth-order valence-corrected chi connectivity index (χ4v) is 1.39. The summed E-state index contributed by atoms with van der Waals surface area (Å²) in [5.41, 5.74) is -0.631. The molecule has 0 aromatic carbocycles. The minimum Gasteiger partial charge on any atom is -0.378 e. The minimum atomic E-state index is -0.631. The first kappa shape index (κ1) is 9.68. The first-order valence-electron chi connectivity index (χ1n) is 4.51. The summed E-state index contributed by atoms with van der Waals surface area (Å²) in [5, 5.41) is 0. The van der Waals surface area contributed by atoms with Gasteiger partial charge in [0.15, 0.2) is 6.29 Å². The van der Waals surface area contributed by atoms with Crippen molar-refractivity contribution in [2.75, 3.05) is 19.8 Å². The van der Waals surface area contributed by atoms with Crippen molar-refractivity contribution in [3.05, 3.63) is 0 Å². The predicted molar refractivity (Wildman–Crippen MR) is 45.1 cm³/mol. The Morgan fingerprint density at radius 3 is 2.92 bits per heavy atom. The molecule has 0 aromatic rings. The monoisotopic (exact) mass is 172 g/mol. The molecular weight excluding hydrogens is 156 g/mol. The lowest BCUT2D eigenvalue weighted by Crippen LogP contribution is -2.42. The smallest absolute Gasteiger partial charge is 0.154 e.